The van der Waals surface area contributed by atoms with E-state index in [1.54, 1.807) is 0 Å². The van der Waals surface area contributed by atoms with E-state index in [2.05, 4.69) is 0 Å². The molecule has 0 aromatic heterocycles. The van der Waals surface area contributed by atoms with Crippen LogP contribution in [0.15, 0.2) is 0 Å². The molecule has 48 valence electrons. The number of aliphatic hydroxyl groups excluding tert-OH is 1. The molecular weight excluding hydrogens is 127 g/mol. The van der Waals surface area contributed by atoms with Crippen molar-refractivity contribution in [3.05, 3.63) is 0 Å². The summed E-state index contributed by atoms with van der Waals surface area (Å²) in [5.41, 5.74) is 0. The van der Waals surface area contributed by atoms with Crippen LogP contribution in [0.3, 0.4) is 0 Å². The molecule has 0 radical (unpaired) electrons. The number of carbonyl (C=O) groups is 1. The van der Waals surface area contributed by atoms with Crippen LogP contribution in [0.2, 0.25) is 0 Å². The summed E-state index contributed by atoms with van der Waals surface area (Å²) in [6.07, 6.45) is -1.83. The molecule has 6 heteroatoms. The van der Waals surface area contributed by atoms with E-state index in [-0.39, 0.29) is 36.5 Å². The van der Waals surface area contributed by atoms with Crippen LogP contribution in [-0.2, 0) is 0 Å². The van der Waals surface area contributed by atoms with E-state index in [9.17, 15) is 0 Å². The van der Waals surface area contributed by atoms with E-state index < -0.39 is 6.16 Å². The first-order chi connectivity index (χ1) is 2.73. The first kappa shape index (κ1) is 24.1. The average molecular weight is 136 g/mol. The zero-order chi connectivity index (χ0) is 5.58. The Morgan fingerprint density at radius 2 is 1.38 bits per heavy atom. The summed E-state index contributed by atoms with van der Waals surface area (Å²) in [4.78, 5) is 8.56. The molecule has 0 saturated heterocycles. The predicted molar refractivity (Wildman–Crippen MR) is 23.5 cm³/mol. The van der Waals surface area contributed by atoms with E-state index in [0.717, 1.165) is 7.11 Å². The molecular formula is C2H9NaO5. The Morgan fingerprint density at radius 1 is 1.38 bits per heavy atom. The molecule has 0 bridgehead atoms. The van der Waals surface area contributed by atoms with Gasteiger partial charge in [-0.1, -0.05) is 0 Å². The van der Waals surface area contributed by atoms with Crippen LogP contribution in [0.5, 0.6) is 0 Å². The van der Waals surface area contributed by atoms with Gasteiger partial charge >= 0.3 is 35.7 Å². The van der Waals surface area contributed by atoms with Gasteiger partial charge in [-0.3, -0.25) is 0 Å². The number of rotatable bonds is 0. The maximum Gasteiger partial charge on any atom is 1.00 e. The summed E-state index contributed by atoms with van der Waals surface area (Å²) in [6, 6.07) is 0. The Hall–Kier alpha value is 0.190. The summed E-state index contributed by atoms with van der Waals surface area (Å²) in [5.74, 6) is 0. The molecule has 8 heavy (non-hydrogen) atoms. The van der Waals surface area contributed by atoms with Gasteiger partial charge in [0.2, 0.25) is 0 Å². The second kappa shape index (κ2) is 27.1. The Kier molecular flexibility index (Phi) is 81.6. The second-order valence-electron chi connectivity index (χ2n) is 0.283. The third-order valence-corrected chi connectivity index (χ3v) is 0. The minimum atomic E-state index is -1.83. The second-order valence-corrected chi connectivity index (χ2v) is 0.283. The number of hydrogen-bond acceptors (Lipinski definition) is 2. The van der Waals surface area contributed by atoms with E-state index in [4.69, 9.17) is 20.1 Å². The first-order valence-electron chi connectivity index (χ1n) is 1.10. The number of hydrogen-bond donors (Lipinski definition) is 3. The third-order valence-electron chi connectivity index (χ3n) is 0. The van der Waals surface area contributed by atoms with Crippen LogP contribution >= 0.6 is 0 Å². The Morgan fingerprint density at radius 3 is 1.38 bits per heavy atom. The third kappa shape index (κ3) is 4620. The molecule has 0 heterocycles. The molecule has 5 nitrogen and oxygen atoms in total. The van der Waals surface area contributed by atoms with Crippen LogP contribution in [0.25, 0.3) is 0 Å². The van der Waals surface area contributed by atoms with Crippen molar-refractivity contribution in [3.63, 3.8) is 0 Å². The first-order valence-corrected chi connectivity index (χ1v) is 1.10. The average Bonchev–Trinajstić information content (AvgIpc) is 1.41. The molecule has 0 saturated carbocycles. The summed E-state index contributed by atoms with van der Waals surface area (Å²) in [7, 11) is 1.00. The van der Waals surface area contributed by atoms with Crippen molar-refractivity contribution in [3.8, 4) is 0 Å². The molecule has 0 fully saturated rings. The predicted octanol–water partition coefficient (Wildman–Crippen LogP) is -3.88. The van der Waals surface area contributed by atoms with Crippen molar-refractivity contribution in [1.29, 1.82) is 0 Å². The van der Waals surface area contributed by atoms with Gasteiger partial charge in [0, 0.05) is 7.11 Å². The Bertz CT molecular complexity index is 37.9. The van der Waals surface area contributed by atoms with Gasteiger partial charge in [0.15, 0.2) is 0 Å². The van der Waals surface area contributed by atoms with E-state index in [1.165, 1.54) is 0 Å². The summed E-state index contributed by atoms with van der Waals surface area (Å²) in [5, 5.41) is 20.9. The van der Waals surface area contributed by atoms with Crippen LogP contribution < -0.4 is 29.6 Å². The topological polar surface area (TPSA) is 109 Å². The molecule has 5 N–H and O–H groups in total. The molecule has 0 amide bonds. The van der Waals surface area contributed by atoms with Gasteiger partial charge in [-0.05, 0) is 0 Å². The normalized spacial score (nSPS) is 3.75. The summed E-state index contributed by atoms with van der Waals surface area (Å²) in [6.45, 7) is 0. The van der Waals surface area contributed by atoms with Crippen molar-refractivity contribution in [1.82, 2.24) is 0 Å². The van der Waals surface area contributed by atoms with Gasteiger partial charge in [0.05, 0.1) is 0 Å². The van der Waals surface area contributed by atoms with Crippen LogP contribution in [-0.4, -0.2) is 34.1 Å². The van der Waals surface area contributed by atoms with Gasteiger partial charge < -0.3 is 22.2 Å². The monoisotopic (exact) mass is 136 g/mol. The molecule has 0 aliphatic heterocycles. The van der Waals surface area contributed by atoms with Crippen molar-refractivity contribution < 1.29 is 56.6 Å². The largest absolute Gasteiger partial charge is 1.00 e. The zero-order valence-electron chi connectivity index (χ0n) is 5.75. The zero-order valence-corrected chi connectivity index (χ0v) is 6.75. The van der Waals surface area contributed by atoms with Crippen molar-refractivity contribution >= 4 is 6.16 Å². The standard InChI is InChI=1S/CH2O3.CH4O.Na.H2O.H/c2-1(3)4;1-2;;;/h(H2,2,3,4);2H,1H3;;1H2;/q;;+1;;-1. The van der Waals surface area contributed by atoms with Gasteiger partial charge in [-0.2, -0.15) is 0 Å². The molecule has 0 spiro atoms. The van der Waals surface area contributed by atoms with E-state index >= 15 is 0 Å². The fraction of sp³-hybridized carbons (Fsp3) is 0.500. The maximum atomic E-state index is 8.56. The van der Waals surface area contributed by atoms with Crippen LogP contribution in [0.1, 0.15) is 1.43 Å². The SMILES string of the molecule is CO.O.O=C(O)O.[H-].[Na+]. The van der Waals surface area contributed by atoms with Gasteiger partial charge in [0.25, 0.3) is 0 Å². The molecule has 0 aromatic carbocycles. The Labute approximate surface area is 70.0 Å². The smallest absolute Gasteiger partial charge is 1.00 e. The number of aliphatic hydroxyl groups is 1. The maximum absolute atomic E-state index is 8.56. The van der Waals surface area contributed by atoms with E-state index in [1.807, 2.05) is 0 Å². The molecule has 0 aliphatic carbocycles. The minimum absolute atomic E-state index is 0. The Balaban J connectivity index is -0.00000000990. The van der Waals surface area contributed by atoms with Gasteiger partial charge in [-0.25, -0.2) is 4.79 Å². The molecule has 0 rings (SSSR count). The fourth-order valence-corrected chi connectivity index (χ4v) is 0. The van der Waals surface area contributed by atoms with Crippen molar-refractivity contribution in [2.45, 2.75) is 0 Å². The van der Waals surface area contributed by atoms with Gasteiger partial charge in [0.1, 0.15) is 0 Å². The molecule has 0 aromatic rings. The summed E-state index contributed by atoms with van der Waals surface area (Å²) >= 11 is 0. The molecule has 0 aliphatic rings. The van der Waals surface area contributed by atoms with Crippen molar-refractivity contribution in [2.75, 3.05) is 7.11 Å². The van der Waals surface area contributed by atoms with Crippen LogP contribution in [0.4, 0.5) is 4.79 Å². The number of carboxylic acid groups (broad SMARTS) is 2. The fourth-order valence-electron chi connectivity index (χ4n) is 0. The molecule has 0 unspecified atom stereocenters. The molecule has 0 atom stereocenters. The van der Waals surface area contributed by atoms with Gasteiger partial charge in [-0.15, -0.1) is 0 Å². The summed E-state index contributed by atoms with van der Waals surface area (Å²) < 4.78 is 0. The van der Waals surface area contributed by atoms with E-state index in [0.29, 0.717) is 0 Å². The minimum Gasteiger partial charge on any atom is -1.00 e. The van der Waals surface area contributed by atoms with Crippen molar-refractivity contribution in [2.24, 2.45) is 0 Å². The quantitative estimate of drug-likeness (QED) is 0.296. The van der Waals surface area contributed by atoms with Crippen LogP contribution in [0, 0.1) is 0 Å².